The number of carbonyl (C=O) groups excluding carboxylic acids is 1. The van der Waals surface area contributed by atoms with Gasteiger partial charge in [-0.25, -0.2) is 0 Å². The highest BCUT2D eigenvalue weighted by atomic mass is 19.4. The minimum Gasteiger partial charge on any atom is -0.496 e. The van der Waals surface area contributed by atoms with Crippen LogP contribution in [0.5, 0.6) is 5.75 Å². The number of methoxy groups -OCH3 is 1. The van der Waals surface area contributed by atoms with Crippen LogP contribution in [-0.2, 0) is 11.0 Å². The molecule has 0 heterocycles. The molecule has 0 atom stereocenters. The summed E-state index contributed by atoms with van der Waals surface area (Å²) in [6, 6.07) is 3.71. The zero-order valence-corrected chi connectivity index (χ0v) is 14.2. The quantitative estimate of drug-likeness (QED) is 0.842. The van der Waals surface area contributed by atoms with Gasteiger partial charge >= 0.3 is 6.18 Å². The fourth-order valence-electron chi connectivity index (χ4n) is 5.66. The number of carbonyl (C=O) groups is 1. The summed E-state index contributed by atoms with van der Waals surface area (Å²) in [7, 11) is 1.21. The second-order valence-electron chi connectivity index (χ2n) is 8.06. The van der Waals surface area contributed by atoms with Crippen LogP contribution in [0.15, 0.2) is 18.2 Å². The lowest BCUT2D eigenvalue weighted by Gasteiger charge is -2.55. The van der Waals surface area contributed by atoms with Gasteiger partial charge in [-0.05, 0) is 74.5 Å². The molecule has 0 saturated heterocycles. The first kappa shape index (κ1) is 16.7. The highest BCUT2D eigenvalue weighted by molar-refractivity contribution is 5.95. The molecule has 0 aromatic heterocycles. The first-order valence-electron chi connectivity index (χ1n) is 8.86. The monoisotopic (exact) mass is 353 g/mol. The number of hydrogen-bond acceptors (Lipinski definition) is 2. The predicted octanol–water partition coefficient (Wildman–Crippen LogP) is 4.87. The van der Waals surface area contributed by atoms with Crippen LogP contribution in [0.1, 0.15) is 44.1 Å². The second-order valence-corrected chi connectivity index (χ2v) is 8.06. The van der Waals surface area contributed by atoms with E-state index in [-0.39, 0.29) is 22.8 Å². The maximum atomic E-state index is 13.2. The Bertz CT molecular complexity index is 663. The normalized spacial score (nSPS) is 33.4. The fraction of sp³-hybridized carbons (Fsp3) is 0.632. The van der Waals surface area contributed by atoms with Gasteiger partial charge in [0.2, 0.25) is 5.91 Å². The van der Waals surface area contributed by atoms with Gasteiger partial charge in [0.25, 0.3) is 0 Å². The first-order valence-corrected chi connectivity index (χ1v) is 8.86. The van der Waals surface area contributed by atoms with Crippen molar-refractivity contribution >= 4 is 11.6 Å². The molecule has 1 aromatic rings. The maximum Gasteiger partial charge on any atom is 0.420 e. The Labute approximate surface area is 144 Å². The predicted molar refractivity (Wildman–Crippen MR) is 87.2 cm³/mol. The Morgan fingerprint density at radius 1 is 1.12 bits per heavy atom. The van der Waals surface area contributed by atoms with Crippen LogP contribution in [0.3, 0.4) is 0 Å². The third kappa shape index (κ3) is 2.89. The van der Waals surface area contributed by atoms with E-state index in [2.05, 4.69) is 5.32 Å². The largest absolute Gasteiger partial charge is 0.496 e. The van der Waals surface area contributed by atoms with Crippen LogP contribution in [0, 0.1) is 23.2 Å². The summed E-state index contributed by atoms with van der Waals surface area (Å²) < 4.78 is 44.3. The van der Waals surface area contributed by atoms with E-state index in [4.69, 9.17) is 4.74 Å². The first-order chi connectivity index (χ1) is 11.8. The van der Waals surface area contributed by atoms with Crippen LogP contribution < -0.4 is 10.1 Å². The number of benzene rings is 1. The smallest absolute Gasteiger partial charge is 0.420 e. The SMILES string of the molecule is COc1ccc(NC(=O)C23CC4CC(CC(C4)C2)C3)cc1C(F)(F)F. The fourth-order valence-corrected chi connectivity index (χ4v) is 5.66. The molecule has 25 heavy (non-hydrogen) atoms. The molecule has 0 aliphatic heterocycles. The summed E-state index contributed by atoms with van der Waals surface area (Å²) in [5.74, 6) is 1.49. The van der Waals surface area contributed by atoms with Crippen molar-refractivity contribution in [3.05, 3.63) is 23.8 Å². The van der Waals surface area contributed by atoms with Gasteiger partial charge in [-0.15, -0.1) is 0 Å². The van der Waals surface area contributed by atoms with Crippen LogP contribution in [0.4, 0.5) is 18.9 Å². The third-order valence-electron chi connectivity index (χ3n) is 6.28. The Hall–Kier alpha value is -1.72. The van der Waals surface area contributed by atoms with Gasteiger partial charge < -0.3 is 10.1 Å². The minimum absolute atomic E-state index is 0.107. The topological polar surface area (TPSA) is 38.3 Å². The summed E-state index contributed by atoms with van der Waals surface area (Å²) >= 11 is 0. The van der Waals surface area contributed by atoms with Gasteiger partial charge in [0.15, 0.2) is 0 Å². The van der Waals surface area contributed by atoms with E-state index in [0.29, 0.717) is 17.8 Å². The second kappa shape index (κ2) is 5.64. The molecule has 1 N–H and O–H groups in total. The molecule has 136 valence electrons. The molecule has 3 nitrogen and oxygen atoms in total. The average molecular weight is 353 g/mol. The molecule has 4 aliphatic carbocycles. The van der Waals surface area contributed by atoms with Crippen LogP contribution >= 0.6 is 0 Å². The molecule has 4 aliphatic rings. The van der Waals surface area contributed by atoms with E-state index in [9.17, 15) is 18.0 Å². The Morgan fingerprint density at radius 2 is 1.68 bits per heavy atom. The number of rotatable bonds is 3. The van der Waals surface area contributed by atoms with Gasteiger partial charge in [-0.1, -0.05) is 0 Å². The number of ether oxygens (including phenoxy) is 1. The van der Waals surface area contributed by atoms with Crippen molar-refractivity contribution in [2.45, 2.75) is 44.7 Å². The molecule has 4 bridgehead atoms. The number of anilines is 1. The minimum atomic E-state index is -4.52. The summed E-state index contributed by atoms with van der Waals surface area (Å²) in [6.45, 7) is 0. The van der Waals surface area contributed by atoms with Gasteiger partial charge in [0.05, 0.1) is 18.1 Å². The van der Waals surface area contributed by atoms with Crippen molar-refractivity contribution < 1.29 is 22.7 Å². The van der Waals surface area contributed by atoms with Gasteiger partial charge in [-0.3, -0.25) is 4.79 Å². The van der Waals surface area contributed by atoms with E-state index in [1.807, 2.05) is 0 Å². The lowest BCUT2D eigenvalue weighted by molar-refractivity contribution is -0.141. The summed E-state index contributed by atoms with van der Waals surface area (Å²) in [4.78, 5) is 13.0. The standard InChI is InChI=1S/C19H22F3NO2/c1-25-16-3-2-14(7-15(16)19(20,21)22)23-17(24)18-8-11-4-12(9-18)6-13(5-11)10-18/h2-3,7,11-13H,4-6,8-10H2,1H3,(H,23,24). The Kier molecular flexibility index (Phi) is 3.78. The summed E-state index contributed by atoms with van der Waals surface area (Å²) in [5.41, 5.74) is -1.06. The van der Waals surface area contributed by atoms with Gasteiger partial charge in [-0.2, -0.15) is 13.2 Å². The number of nitrogens with one attached hydrogen (secondary N) is 1. The van der Waals surface area contributed by atoms with E-state index in [1.54, 1.807) is 0 Å². The van der Waals surface area contributed by atoms with E-state index in [0.717, 1.165) is 25.3 Å². The number of amides is 1. The van der Waals surface area contributed by atoms with Crippen molar-refractivity contribution in [1.82, 2.24) is 0 Å². The number of halogens is 3. The molecule has 0 spiro atoms. The molecule has 1 aromatic carbocycles. The number of alkyl halides is 3. The summed E-state index contributed by atoms with van der Waals surface area (Å²) in [6.07, 6.45) is 1.77. The zero-order valence-electron chi connectivity index (χ0n) is 14.2. The van der Waals surface area contributed by atoms with E-state index in [1.165, 1.54) is 38.5 Å². The van der Waals surface area contributed by atoms with Crippen molar-refractivity contribution in [2.75, 3.05) is 12.4 Å². The molecule has 4 fully saturated rings. The maximum absolute atomic E-state index is 13.2. The molecule has 5 rings (SSSR count). The molecule has 1 amide bonds. The van der Waals surface area contributed by atoms with E-state index < -0.39 is 11.7 Å². The lowest BCUT2D eigenvalue weighted by Crippen LogP contribution is -2.51. The van der Waals surface area contributed by atoms with Crippen molar-refractivity contribution in [3.8, 4) is 5.75 Å². The lowest BCUT2D eigenvalue weighted by atomic mass is 9.49. The third-order valence-corrected chi connectivity index (χ3v) is 6.28. The molecule has 4 saturated carbocycles. The van der Waals surface area contributed by atoms with Crippen molar-refractivity contribution in [3.63, 3.8) is 0 Å². The van der Waals surface area contributed by atoms with Gasteiger partial charge in [0.1, 0.15) is 5.75 Å². The molecular formula is C19H22F3NO2. The average Bonchev–Trinajstić information content (AvgIpc) is 2.52. The number of hydrogen-bond donors (Lipinski definition) is 1. The Morgan fingerprint density at radius 3 is 2.16 bits per heavy atom. The van der Waals surface area contributed by atoms with Crippen molar-refractivity contribution in [1.29, 1.82) is 0 Å². The van der Waals surface area contributed by atoms with Crippen LogP contribution in [0.2, 0.25) is 0 Å². The van der Waals surface area contributed by atoms with E-state index >= 15 is 0 Å². The molecule has 6 heteroatoms. The van der Waals surface area contributed by atoms with Crippen LogP contribution in [-0.4, -0.2) is 13.0 Å². The molecule has 0 radical (unpaired) electrons. The van der Waals surface area contributed by atoms with Gasteiger partial charge in [0, 0.05) is 5.69 Å². The molecular weight excluding hydrogens is 331 g/mol. The Balaban J connectivity index is 1.57. The highest BCUT2D eigenvalue weighted by Gasteiger charge is 2.54. The highest BCUT2D eigenvalue weighted by Crippen LogP contribution is 2.60. The zero-order chi connectivity index (χ0) is 17.8. The van der Waals surface area contributed by atoms with Crippen LogP contribution in [0.25, 0.3) is 0 Å². The molecule has 0 unspecified atom stereocenters. The summed E-state index contributed by atoms with van der Waals surface area (Å²) in [5, 5.41) is 2.77. The van der Waals surface area contributed by atoms with Crippen molar-refractivity contribution in [2.24, 2.45) is 23.2 Å².